The predicted octanol–water partition coefficient (Wildman–Crippen LogP) is 3.81. The van der Waals surface area contributed by atoms with Crippen LogP contribution in [0.3, 0.4) is 0 Å². The van der Waals surface area contributed by atoms with E-state index in [0.717, 1.165) is 11.4 Å². The molecule has 1 aliphatic rings. The summed E-state index contributed by atoms with van der Waals surface area (Å²) in [6, 6.07) is 17.5. The lowest BCUT2D eigenvalue weighted by Gasteiger charge is -2.32. The van der Waals surface area contributed by atoms with Crippen LogP contribution in [0, 0.1) is 5.92 Å². The van der Waals surface area contributed by atoms with Gasteiger partial charge in [-0.3, -0.25) is 9.59 Å². The van der Waals surface area contributed by atoms with Crippen LogP contribution in [-0.4, -0.2) is 35.8 Å². The Hall–Kier alpha value is -2.82. The van der Waals surface area contributed by atoms with Crippen molar-refractivity contribution < 1.29 is 9.59 Å². The summed E-state index contributed by atoms with van der Waals surface area (Å²) < 4.78 is 0. The van der Waals surface area contributed by atoms with E-state index in [4.69, 9.17) is 0 Å². The fourth-order valence-electron chi connectivity index (χ4n) is 3.37. The highest BCUT2D eigenvalue weighted by Crippen LogP contribution is 2.25. The Balaban J connectivity index is 1.66. The quantitative estimate of drug-likeness (QED) is 0.847. The Morgan fingerprint density at radius 3 is 2.26 bits per heavy atom. The summed E-state index contributed by atoms with van der Waals surface area (Å²) in [6.45, 7) is 5.14. The van der Waals surface area contributed by atoms with Crippen molar-refractivity contribution in [1.82, 2.24) is 10.2 Å². The number of rotatable bonds is 5. The second kappa shape index (κ2) is 8.71. The van der Waals surface area contributed by atoms with Crippen LogP contribution in [0.1, 0.15) is 37.0 Å². The maximum absolute atomic E-state index is 13.1. The maximum Gasteiger partial charge on any atom is 0.255 e. The largest absolute Gasteiger partial charge is 0.355 e. The van der Waals surface area contributed by atoms with E-state index in [-0.39, 0.29) is 23.8 Å². The molecule has 0 atom stereocenters. The van der Waals surface area contributed by atoms with Gasteiger partial charge in [-0.15, -0.1) is 0 Å². The molecule has 2 amide bonds. The van der Waals surface area contributed by atoms with Gasteiger partial charge in [0.15, 0.2) is 0 Å². The van der Waals surface area contributed by atoms with Gasteiger partial charge in [0.1, 0.15) is 0 Å². The van der Waals surface area contributed by atoms with Crippen LogP contribution < -0.4 is 10.6 Å². The first kappa shape index (κ1) is 19.0. The van der Waals surface area contributed by atoms with Crippen molar-refractivity contribution >= 4 is 23.2 Å². The van der Waals surface area contributed by atoms with Crippen LogP contribution in [-0.2, 0) is 4.79 Å². The predicted molar refractivity (Wildman–Crippen MR) is 108 cm³/mol. The molecule has 2 N–H and O–H groups in total. The number of nitrogens with one attached hydrogen (secondary N) is 2. The Bertz CT molecular complexity index is 781. The van der Waals surface area contributed by atoms with E-state index in [9.17, 15) is 9.59 Å². The first-order valence-corrected chi connectivity index (χ1v) is 9.55. The summed E-state index contributed by atoms with van der Waals surface area (Å²) in [6.07, 6.45) is 1.41. The van der Waals surface area contributed by atoms with E-state index in [1.807, 2.05) is 73.3 Å². The number of nitrogens with zero attached hydrogens (tertiary/aromatic N) is 1. The number of likely N-dealkylation sites (tertiary alicyclic amines) is 1. The summed E-state index contributed by atoms with van der Waals surface area (Å²) in [7, 11) is 0. The van der Waals surface area contributed by atoms with Crippen molar-refractivity contribution in [3.05, 3.63) is 60.2 Å². The van der Waals surface area contributed by atoms with Crippen LogP contribution in [0.15, 0.2) is 54.6 Å². The van der Waals surface area contributed by atoms with E-state index >= 15 is 0 Å². The van der Waals surface area contributed by atoms with Crippen molar-refractivity contribution in [3.63, 3.8) is 0 Å². The molecule has 1 fully saturated rings. The highest BCUT2D eigenvalue weighted by atomic mass is 16.2. The fraction of sp³-hybridized carbons (Fsp3) is 0.364. The molecule has 3 rings (SSSR count). The van der Waals surface area contributed by atoms with Gasteiger partial charge < -0.3 is 15.5 Å². The van der Waals surface area contributed by atoms with Gasteiger partial charge >= 0.3 is 0 Å². The molecule has 142 valence electrons. The molecule has 0 spiro atoms. The third-order valence-electron chi connectivity index (χ3n) is 4.79. The molecular formula is C22H27N3O2. The average molecular weight is 365 g/mol. The molecule has 1 saturated heterocycles. The van der Waals surface area contributed by atoms with E-state index in [1.54, 1.807) is 0 Å². The average Bonchev–Trinajstić information content (AvgIpc) is 2.68. The number of piperidine rings is 1. The van der Waals surface area contributed by atoms with E-state index in [0.29, 0.717) is 31.5 Å². The number of hydrogen-bond acceptors (Lipinski definition) is 3. The van der Waals surface area contributed by atoms with Gasteiger partial charge in [0, 0.05) is 30.7 Å². The van der Waals surface area contributed by atoms with Crippen LogP contribution in [0.4, 0.5) is 11.4 Å². The monoisotopic (exact) mass is 365 g/mol. The third-order valence-corrected chi connectivity index (χ3v) is 4.79. The molecular weight excluding hydrogens is 338 g/mol. The lowest BCUT2D eigenvalue weighted by molar-refractivity contribution is -0.126. The Morgan fingerprint density at radius 2 is 1.59 bits per heavy atom. The van der Waals surface area contributed by atoms with Crippen LogP contribution >= 0.6 is 0 Å². The Morgan fingerprint density at radius 1 is 0.963 bits per heavy atom. The molecule has 5 heteroatoms. The lowest BCUT2D eigenvalue weighted by atomic mass is 9.95. The first-order chi connectivity index (χ1) is 13.0. The van der Waals surface area contributed by atoms with Crippen molar-refractivity contribution in [2.75, 3.05) is 18.4 Å². The van der Waals surface area contributed by atoms with Gasteiger partial charge in [0.05, 0.1) is 11.3 Å². The van der Waals surface area contributed by atoms with E-state index in [1.165, 1.54) is 0 Å². The normalized spacial score (nSPS) is 14.9. The molecule has 2 aromatic carbocycles. The minimum absolute atomic E-state index is 0.00543. The molecule has 5 nitrogen and oxygen atoms in total. The van der Waals surface area contributed by atoms with Crippen LogP contribution in [0.25, 0.3) is 0 Å². The molecule has 1 heterocycles. The van der Waals surface area contributed by atoms with Crippen LogP contribution in [0.5, 0.6) is 0 Å². The second-order valence-corrected chi connectivity index (χ2v) is 7.27. The smallest absolute Gasteiger partial charge is 0.255 e. The van der Waals surface area contributed by atoms with E-state index < -0.39 is 0 Å². The number of carbonyl (C=O) groups excluding carboxylic acids is 2. The van der Waals surface area contributed by atoms with Crippen molar-refractivity contribution in [3.8, 4) is 0 Å². The van der Waals surface area contributed by atoms with Gasteiger partial charge in [0.2, 0.25) is 5.91 Å². The molecule has 0 aliphatic carbocycles. The third kappa shape index (κ3) is 4.88. The topological polar surface area (TPSA) is 61.4 Å². The number of hydrogen-bond donors (Lipinski definition) is 2. The lowest BCUT2D eigenvalue weighted by Crippen LogP contribution is -2.44. The van der Waals surface area contributed by atoms with Gasteiger partial charge in [-0.2, -0.15) is 0 Å². The number of benzene rings is 2. The fourth-order valence-corrected chi connectivity index (χ4v) is 3.37. The van der Waals surface area contributed by atoms with Gasteiger partial charge in [-0.25, -0.2) is 0 Å². The van der Waals surface area contributed by atoms with Crippen LogP contribution in [0.2, 0.25) is 0 Å². The van der Waals surface area contributed by atoms with Crippen molar-refractivity contribution in [1.29, 1.82) is 0 Å². The minimum atomic E-state index is -0.00543. The minimum Gasteiger partial charge on any atom is -0.355 e. The standard InChI is InChI=1S/C22H27N3O2/c1-16(2)23-21(26)17-12-14-25(15-13-17)22(27)19-10-6-7-11-20(19)24-18-8-4-3-5-9-18/h3-11,16-17,24H,12-15H2,1-2H3,(H,23,26). The van der Waals surface area contributed by atoms with Gasteiger partial charge in [-0.05, 0) is 51.0 Å². The van der Waals surface area contributed by atoms with Gasteiger partial charge in [-0.1, -0.05) is 30.3 Å². The SMILES string of the molecule is CC(C)NC(=O)C1CCN(C(=O)c2ccccc2Nc2ccccc2)CC1. The second-order valence-electron chi connectivity index (χ2n) is 7.27. The Labute approximate surface area is 160 Å². The molecule has 0 bridgehead atoms. The molecule has 0 aromatic heterocycles. The summed E-state index contributed by atoms with van der Waals surface area (Å²) >= 11 is 0. The molecule has 1 aliphatic heterocycles. The summed E-state index contributed by atoms with van der Waals surface area (Å²) in [4.78, 5) is 27.1. The molecule has 2 aromatic rings. The Kier molecular flexibility index (Phi) is 6.12. The molecule has 0 unspecified atom stereocenters. The zero-order valence-electron chi connectivity index (χ0n) is 15.9. The van der Waals surface area contributed by atoms with E-state index in [2.05, 4.69) is 10.6 Å². The highest BCUT2D eigenvalue weighted by molar-refractivity contribution is 6.00. The summed E-state index contributed by atoms with van der Waals surface area (Å²) in [5.41, 5.74) is 2.40. The molecule has 0 saturated carbocycles. The first-order valence-electron chi connectivity index (χ1n) is 9.55. The number of anilines is 2. The zero-order chi connectivity index (χ0) is 19.2. The number of para-hydroxylation sites is 2. The summed E-state index contributed by atoms with van der Waals surface area (Å²) in [5.74, 6) is 0.106. The molecule has 27 heavy (non-hydrogen) atoms. The summed E-state index contributed by atoms with van der Waals surface area (Å²) in [5, 5.41) is 6.30. The molecule has 0 radical (unpaired) electrons. The highest BCUT2D eigenvalue weighted by Gasteiger charge is 2.28. The zero-order valence-corrected chi connectivity index (χ0v) is 15.9. The number of amides is 2. The maximum atomic E-state index is 13.1. The van der Waals surface area contributed by atoms with Crippen molar-refractivity contribution in [2.45, 2.75) is 32.7 Å². The number of carbonyl (C=O) groups is 2. The van der Waals surface area contributed by atoms with Crippen molar-refractivity contribution in [2.24, 2.45) is 5.92 Å². The van der Waals surface area contributed by atoms with Gasteiger partial charge in [0.25, 0.3) is 5.91 Å².